The van der Waals surface area contributed by atoms with Crippen molar-refractivity contribution in [3.8, 4) is 51.0 Å². The summed E-state index contributed by atoms with van der Waals surface area (Å²) in [6, 6.07) is 59.1. The van der Waals surface area contributed by atoms with Crippen LogP contribution in [0.15, 0.2) is 174 Å². The molecule has 0 radical (unpaired) electrons. The molecule has 0 bridgehead atoms. The topological polar surface area (TPSA) is 56.7 Å². The van der Waals surface area contributed by atoms with Crippen molar-refractivity contribution in [1.29, 1.82) is 0 Å². The van der Waals surface area contributed by atoms with Crippen LogP contribution in [0, 0.1) is 0 Å². The van der Waals surface area contributed by atoms with E-state index in [0.29, 0.717) is 11.8 Å². The van der Waals surface area contributed by atoms with Crippen molar-refractivity contribution >= 4 is 43.5 Å². The molecule has 0 unspecified atom stereocenters. The van der Waals surface area contributed by atoms with Crippen LogP contribution in [0.5, 0.6) is 0 Å². The van der Waals surface area contributed by atoms with Gasteiger partial charge in [0.15, 0.2) is 0 Å². The first kappa shape index (κ1) is 28.2. The Balaban J connectivity index is 1.08. The van der Waals surface area contributed by atoms with Gasteiger partial charge in [-0.05, 0) is 59.7 Å². The summed E-state index contributed by atoms with van der Waals surface area (Å²) in [6.45, 7) is 0. The molecule has 0 aliphatic heterocycles. The molecule has 5 nitrogen and oxygen atoms in total. The number of hydrogen-bond acceptors (Lipinski definition) is 4. The molecule has 0 aliphatic carbocycles. The molecule has 0 amide bonds. The lowest BCUT2D eigenvalue weighted by Gasteiger charge is -2.14. The van der Waals surface area contributed by atoms with Gasteiger partial charge >= 0.3 is 0 Å². The van der Waals surface area contributed by atoms with Crippen molar-refractivity contribution in [3.63, 3.8) is 0 Å². The van der Waals surface area contributed by atoms with Gasteiger partial charge in [0.2, 0.25) is 11.8 Å². The molecule has 0 spiro atoms. The maximum Gasteiger partial charge on any atom is 0.248 e. The van der Waals surface area contributed by atoms with Gasteiger partial charge in [-0.3, -0.25) is 0 Å². The molecule has 0 saturated carbocycles. The van der Waals surface area contributed by atoms with Gasteiger partial charge in [0.25, 0.3) is 0 Å². The van der Waals surface area contributed by atoms with E-state index in [2.05, 4.69) is 142 Å². The van der Waals surface area contributed by atoms with Crippen LogP contribution < -0.4 is 0 Å². The first-order valence-corrected chi connectivity index (χ1v) is 16.7. The summed E-state index contributed by atoms with van der Waals surface area (Å²) < 4.78 is 8.39. The van der Waals surface area contributed by atoms with Gasteiger partial charge in [-0.15, -0.1) is 10.2 Å². The Morgan fingerprint density at radius 2 is 0.940 bits per heavy atom. The lowest BCUT2D eigenvalue weighted by molar-refractivity contribution is 0.584. The van der Waals surface area contributed by atoms with E-state index < -0.39 is 0 Å². The van der Waals surface area contributed by atoms with E-state index in [4.69, 9.17) is 9.40 Å². The number of nitrogens with zero attached hydrogens (tertiary/aromatic N) is 4. The fourth-order valence-electron chi connectivity index (χ4n) is 7.22. The summed E-state index contributed by atoms with van der Waals surface area (Å²) >= 11 is 0. The van der Waals surface area contributed by atoms with Gasteiger partial charge in [0.1, 0.15) is 0 Å². The van der Waals surface area contributed by atoms with Crippen LogP contribution in [0.1, 0.15) is 0 Å². The Labute approximate surface area is 287 Å². The monoisotopic (exact) mass is 640 g/mol. The summed E-state index contributed by atoms with van der Waals surface area (Å²) in [5.74, 6) is 1.01. The van der Waals surface area contributed by atoms with E-state index in [1.165, 1.54) is 27.2 Å². The van der Waals surface area contributed by atoms with Gasteiger partial charge in [0.05, 0.1) is 22.2 Å². The van der Waals surface area contributed by atoms with Crippen molar-refractivity contribution in [3.05, 3.63) is 170 Å². The average molecular weight is 641 g/mol. The smallest absolute Gasteiger partial charge is 0.248 e. The Bertz CT molecular complexity index is 2840. The summed E-state index contributed by atoms with van der Waals surface area (Å²) in [7, 11) is 0. The quantitative estimate of drug-likeness (QED) is 0.176. The molecule has 3 aromatic heterocycles. The molecule has 7 aromatic carbocycles. The fourth-order valence-corrected chi connectivity index (χ4v) is 7.22. The lowest BCUT2D eigenvalue weighted by atomic mass is 9.96. The van der Waals surface area contributed by atoms with E-state index in [0.717, 1.165) is 55.5 Å². The van der Waals surface area contributed by atoms with Crippen LogP contribution in [-0.2, 0) is 0 Å². The third kappa shape index (κ3) is 4.52. The molecule has 0 atom stereocenters. The highest BCUT2D eigenvalue weighted by Gasteiger charge is 2.19. The molecule has 0 saturated heterocycles. The first-order valence-electron chi connectivity index (χ1n) is 16.7. The molecular formula is C45H28N4O. The first-order chi connectivity index (χ1) is 24.8. The molecule has 10 rings (SSSR count). The third-order valence-corrected chi connectivity index (χ3v) is 9.58. The zero-order valence-corrected chi connectivity index (χ0v) is 26.9. The summed E-state index contributed by atoms with van der Waals surface area (Å²) in [5, 5.41) is 14.5. The van der Waals surface area contributed by atoms with Crippen molar-refractivity contribution in [2.45, 2.75) is 0 Å². The standard InChI is InChI=1S/C45H28N4O/c1-3-11-32(12-4-1)44-47-48-45(50-44)33-25-21-30(22-26-33)29-19-23-31(24-20-29)42-38-28-27-36-35-15-8-10-18-40(35)49(34-13-5-2-6-14-34)43(36)41(38)37-16-7-9-17-39(37)46-42/h1-28H. The van der Waals surface area contributed by atoms with Crippen molar-refractivity contribution < 1.29 is 4.42 Å². The minimum atomic E-state index is 0.500. The highest BCUT2D eigenvalue weighted by Crippen LogP contribution is 2.42. The number of para-hydroxylation sites is 3. The van der Waals surface area contributed by atoms with Crippen molar-refractivity contribution in [1.82, 2.24) is 19.7 Å². The van der Waals surface area contributed by atoms with E-state index in [-0.39, 0.29) is 0 Å². The van der Waals surface area contributed by atoms with Crippen LogP contribution in [-0.4, -0.2) is 19.7 Å². The normalized spacial score (nSPS) is 11.6. The zero-order chi connectivity index (χ0) is 33.0. The van der Waals surface area contributed by atoms with E-state index in [9.17, 15) is 0 Å². The Hall–Kier alpha value is -6.85. The van der Waals surface area contributed by atoms with Crippen LogP contribution in [0.2, 0.25) is 0 Å². The van der Waals surface area contributed by atoms with Gasteiger partial charge in [-0.25, -0.2) is 4.98 Å². The van der Waals surface area contributed by atoms with Crippen molar-refractivity contribution in [2.24, 2.45) is 0 Å². The fraction of sp³-hybridized carbons (Fsp3) is 0. The van der Waals surface area contributed by atoms with Gasteiger partial charge < -0.3 is 8.98 Å². The largest absolute Gasteiger partial charge is 0.416 e. The second kappa shape index (κ2) is 11.4. The second-order valence-electron chi connectivity index (χ2n) is 12.5. The SMILES string of the molecule is c1ccc(-c2nnc(-c3ccc(-c4ccc(-c5nc6ccccc6c6c5ccc5c7ccccc7n(-c7ccccc7)c56)cc4)cc3)o2)cc1. The number of fused-ring (bicyclic) bond motifs is 7. The molecule has 234 valence electrons. The predicted octanol–water partition coefficient (Wildman–Crippen LogP) is 11.5. The maximum absolute atomic E-state index is 5.98. The molecule has 3 heterocycles. The van der Waals surface area contributed by atoms with Crippen molar-refractivity contribution in [2.75, 3.05) is 0 Å². The lowest BCUT2D eigenvalue weighted by Crippen LogP contribution is -1.96. The van der Waals surface area contributed by atoms with Crippen LogP contribution in [0.3, 0.4) is 0 Å². The van der Waals surface area contributed by atoms with Crippen LogP contribution in [0.4, 0.5) is 0 Å². The highest BCUT2D eigenvalue weighted by molar-refractivity contribution is 6.26. The second-order valence-corrected chi connectivity index (χ2v) is 12.5. The van der Waals surface area contributed by atoms with Crippen LogP contribution >= 0.6 is 0 Å². The molecule has 0 N–H and O–H groups in total. The average Bonchev–Trinajstić information content (AvgIpc) is 3.82. The minimum Gasteiger partial charge on any atom is -0.416 e. The van der Waals surface area contributed by atoms with Gasteiger partial charge in [-0.1, -0.05) is 121 Å². The number of benzene rings is 7. The minimum absolute atomic E-state index is 0.500. The predicted molar refractivity (Wildman–Crippen MR) is 203 cm³/mol. The maximum atomic E-state index is 5.98. The summed E-state index contributed by atoms with van der Waals surface area (Å²) in [5.41, 5.74) is 10.5. The van der Waals surface area contributed by atoms with E-state index in [1.54, 1.807) is 0 Å². The summed E-state index contributed by atoms with van der Waals surface area (Å²) in [4.78, 5) is 5.28. The van der Waals surface area contributed by atoms with E-state index >= 15 is 0 Å². The Kier molecular flexibility index (Phi) is 6.42. The zero-order valence-electron chi connectivity index (χ0n) is 26.9. The Morgan fingerprint density at radius 1 is 0.400 bits per heavy atom. The number of aromatic nitrogens is 4. The molecule has 0 fully saturated rings. The molecule has 0 aliphatic rings. The number of hydrogen-bond donors (Lipinski definition) is 0. The van der Waals surface area contributed by atoms with E-state index in [1.807, 2.05) is 42.5 Å². The summed E-state index contributed by atoms with van der Waals surface area (Å²) in [6.07, 6.45) is 0. The number of pyridine rings is 1. The van der Waals surface area contributed by atoms with Gasteiger partial charge in [0, 0.05) is 49.3 Å². The highest BCUT2D eigenvalue weighted by atomic mass is 16.4. The molecule has 10 aromatic rings. The third-order valence-electron chi connectivity index (χ3n) is 9.58. The number of rotatable bonds is 5. The Morgan fingerprint density at radius 3 is 1.66 bits per heavy atom. The van der Waals surface area contributed by atoms with Gasteiger partial charge in [-0.2, -0.15) is 0 Å². The molecule has 5 heteroatoms. The molecule has 50 heavy (non-hydrogen) atoms. The molecular weight excluding hydrogens is 613 g/mol. The van der Waals surface area contributed by atoms with Crippen LogP contribution in [0.25, 0.3) is 94.5 Å².